The van der Waals surface area contributed by atoms with E-state index in [1.165, 1.54) is 0 Å². The molecule has 0 N–H and O–H groups in total. The number of benzene rings is 1. The average Bonchev–Trinajstić information content (AvgIpc) is 2.39. The third kappa shape index (κ3) is 6.42. The Kier molecular flexibility index (Phi) is 7.13. The molecular formula is C13H15BrO4. The molecule has 0 unspecified atom stereocenters. The van der Waals surface area contributed by atoms with E-state index in [1.54, 1.807) is 0 Å². The molecule has 0 fully saturated rings. The van der Waals surface area contributed by atoms with Crippen LogP contribution in [0.3, 0.4) is 0 Å². The van der Waals surface area contributed by atoms with Crippen LogP contribution >= 0.6 is 15.9 Å². The van der Waals surface area contributed by atoms with Crippen molar-refractivity contribution in [1.29, 1.82) is 0 Å². The van der Waals surface area contributed by atoms with E-state index in [9.17, 15) is 4.79 Å². The Morgan fingerprint density at radius 3 is 2.50 bits per heavy atom. The summed E-state index contributed by atoms with van der Waals surface area (Å²) >= 11 is 3.34. The van der Waals surface area contributed by atoms with Crippen molar-refractivity contribution in [3.8, 4) is 5.75 Å². The Hall–Kier alpha value is -1.33. The highest BCUT2D eigenvalue weighted by Crippen LogP contribution is 2.15. The number of esters is 1. The summed E-state index contributed by atoms with van der Waals surface area (Å²) in [5, 5.41) is 0. The second-order valence-corrected chi connectivity index (χ2v) is 4.20. The maximum atomic E-state index is 10.7. The van der Waals surface area contributed by atoms with E-state index in [4.69, 9.17) is 14.2 Å². The Morgan fingerprint density at radius 2 is 1.83 bits per heavy atom. The molecule has 5 heteroatoms. The molecule has 0 heterocycles. The minimum atomic E-state index is -0.440. The van der Waals surface area contributed by atoms with Crippen molar-refractivity contribution in [2.45, 2.75) is 0 Å². The van der Waals surface area contributed by atoms with Gasteiger partial charge in [0, 0.05) is 10.5 Å². The van der Waals surface area contributed by atoms with E-state index < -0.39 is 5.97 Å². The molecular weight excluding hydrogens is 300 g/mol. The van der Waals surface area contributed by atoms with Crippen molar-refractivity contribution in [2.24, 2.45) is 0 Å². The summed E-state index contributed by atoms with van der Waals surface area (Å²) in [6, 6.07) is 7.56. The molecule has 0 spiro atoms. The van der Waals surface area contributed by atoms with Gasteiger partial charge in [-0.15, -0.1) is 0 Å². The van der Waals surface area contributed by atoms with Gasteiger partial charge in [-0.1, -0.05) is 22.5 Å². The molecule has 1 aromatic carbocycles. The molecule has 18 heavy (non-hydrogen) atoms. The van der Waals surface area contributed by atoms with Crippen LogP contribution in [0.15, 0.2) is 41.4 Å². The molecule has 0 aromatic heterocycles. The number of carbonyl (C=O) groups excluding carboxylic acids is 1. The molecule has 0 amide bonds. The lowest BCUT2D eigenvalue weighted by Gasteiger charge is -2.07. The van der Waals surface area contributed by atoms with Crippen molar-refractivity contribution in [2.75, 3.05) is 26.4 Å². The smallest absolute Gasteiger partial charge is 0.330 e. The van der Waals surface area contributed by atoms with Crippen LogP contribution in [-0.2, 0) is 14.3 Å². The fraction of sp³-hybridized carbons (Fsp3) is 0.308. The van der Waals surface area contributed by atoms with E-state index >= 15 is 0 Å². The molecule has 1 aromatic rings. The van der Waals surface area contributed by atoms with Crippen LogP contribution in [-0.4, -0.2) is 32.4 Å². The van der Waals surface area contributed by atoms with Crippen LogP contribution in [0.4, 0.5) is 0 Å². The number of rotatable bonds is 8. The van der Waals surface area contributed by atoms with Crippen LogP contribution in [0.2, 0.25) is 0 Å². The molecule has 0 atom stereocenters. The maximum Gasteiger partial charge on any atom is 0.330 e. The summed E-state index contributed by atoms with van der Waals surface area (Å²) in [6.45, 7) is 4.77. The number of halogens is 1. The van der Waals surface area contributed by atoms with E-state index in [2.05, 4.69) is 22.5 Å². The summed E-state index contributed by atoms with van der Waals surface area (Å²) in [5.74, 6) is 0.351. The molecule has 4 nitrogen and oxygen atoms in total. The molecule has 0 aliphatic rings. The zero-order valence-corrected chi connectivity index (χ0v) is 11.5. The van der Waals surface area contributed by atoms with Gasteiger partial charge in [0.2, 0.25) is 0 Å². The summed E-state index contributed by atoms with van der Waals surface area (Å²) in [6.07, 6.45) is 1.12. The first-order valence-electron chi connectivity index (χ1n) is 5.47. The normalized spacial score (nSPS) is 9.83. The zero-order valence-electron chi connectivity index (χ0n) is 9.93. The van der Waals surface area contributed by atoms with E-state index in [0.717, 1.165) is 16.3 Å². The SMILES string of the molecule is C=CC(=O)OCCOCCOc1ccc(Br)cc1. The number of ether oxygens (including phenoxy) is 3. The average molecular weight is 315 g/mol. The standard InChI is InChI=1S/C13H15BrO4/c1-2-13(15)18-10-8-16-7-9-17-12-5-3-11(14)4-6-12/h2-6H,1,7-10H2. The number of hydrogen-bond donors (Lipinski definition) is 0. The largest absolute Gasteiger partial charge is 0.491 e. The molecule has 0 aliphatic heterocycles. The van der Waals surface area contributed by atoms with Crippen LogP contribution in [0.1, 0.15) is 0 Å². The van der Waals surface area contributed by atoms with Crippen molar-refractivity contribution in [3.05, 3.63) is 41.4 Å². The van der Waals surface area contributed by atoms with Gasteiger partial charge in [0.15, 0.2) is 0 Å². The van der Waals surface area contributed by atoms with E-state index in [-0.39, 0.29) is 6.61 Å². The molecule has 0 saturated carbocycles. The van der Waals surface area contributed by atoms with Crippen LogP contribution in [0, 0.1) is 0 Å². The van der Waals surface area contributed by atoms with Crippen molar-refractivity contribution < 1.29 is 19.0 Å². The number of hydrogen-bond acceptors (Lipinski definition) is 4. The van der Waals surface area contributed by atoms with Gasteiger partial charge >= 0.3 is 5.97 Å². The fourth-order valence-electron chi connectivity index (χ4n) is 1.11. The Morgan fingerprint density at radius 1 is 1.17 bits per heavy atom. The van der Waals surface area contributed by atoms with Gasteiger partial charge in [0.1, 0.15) is 19.0 Å². The van der Waals surface area contributed by atoms with Crippen LogP contribution in [0.25, 0.3) is 0 Å². The molecule has 0 radical (unpaired) electrons. The quantitative estimate of drug-likeness (QED) is 0.420. The zero-order chi connectivity index (χ0) is 13.2. The molecule has 0 bridgehead atoms. The second kappa shape index (κ2) is 8.72. The molecule has 0 aliphatic carbocycles. The first kappa shape index (κ1) is 14.7. The lowest BCUT2D eigenvalue weighted by Crippen LogP contribution is -2.12. The van der Waals surface area contributed by atoms with Gasteiger partial charge in [-0.25, -0.2) is 4.79 Å². The van der Waals surface area contributed by atoms with Gasteiger partial charge in [-0.3, -0.25) is 0 Å². The molecule has 1 rings (SSSR count). The Bertz CT molecular complexity index is 375. The summed E-state index contributed by atoms with van der Waals surface area (Å²) < 4.78 is 16.4. The minimum absolute atomic E-state index is 0.225. The van der Waals surface area contributed by atoms with Gasteiger partial charge in [-0.05, 0) is 24.3 Å². The topological polar surface area (TPSA) is 44.8 Å². The highest BCUT2D eigenvalue weighted by molar-refractivity contribution is 9.10. The highest BCUT2D eigenvalue weighted by Gasteiger charge is 1.96. The monoisotopic (exact) mass is 314 g/mol. The second-order valence-electron chi connectivity index (χ2n) is 3.29. The van der Waals surface area contributed by atoms with Gasteiger partial charge < -0.3 is 14.2 Å². The Labute approximate surface area is 115 Å². The predicted octanol–water partition coefficient (Wildman–Crippen LogP) is 2.57. The van der Waals surface area contributed by atoms with Crippen molar-refractivity contribution in [3.63, 3.8) is 0 Å². The number of carbonyl (C=O) groups is 1. The van der Waals surface area contributed by atoms with Crippen LogP contribution < -0.4 is 4.74 Å². The van der Waals surface area contributed by atoms with Gasteiger partial charge in [0.05, 0.1) is 13.2 Å². The predicted molar refractivity (Wildman–Crippen MR) is 71.6 cm³/mol. The minimum Gasteiger partial charge on any atom is -0.491 e. The highest BCUT2D eigenvalue weighted by atomic mass is 79.9. The third-order valence-electron chi connectivity index (χ3n) is 1.95. The first-order chi connectivity index (χ1) is 8.72. The van der Waals surface area contributed by atoms with E-state index in [1.807, 2.05) is 24.3 Å². The summed E-state index contributed by atoms with van der Waals surface area (Å²) in [5.41, 5.74) is 0. The van der Waals surface area contributed by atoms with Crippen LogP contribution in [0.5, 0.6) is 5.75 Å². The third-order valence-corrected chi connectivity index (χ3v) is 2.48. The van der Waals surface area contributed by atoms with Crippen molar-refractivity contribution >= 4 is 21.9 Å². The lowest BCUT2D eigenvalue weighted by molar-refractivity contribution is -0.139. The summed E-state index contributed by atoms with van der Waals surface area (Å²) in [7, 11) is 0. The maximum absolute atomic E-state index is 10.7. The Balaban J connectivity index is 2.00. The van der Waals surface area contributed by atoms with Crippen molar-refractivity contribution in [1.82, 2.24) is 0 Å². The molecule has 0 saturated heterocycles. The van der Waals surface area contributed by atoms with Gasteiger partial charge in [0.25, 0.3) is 0 Å². The molecule has 98 valence electrons. The van der Waals surface area contributed by atoms with Gasteiger partial charge in [-0.2, -0.15) is 0 Å². The lowest BCUT2D eigenvalue weighted by atomic mass is 10.3. The fourth-order valence-corrected chi connectivity index (χ4v) is 1.38. The first-order valence-corrected chi connectivity index (χ1v) is 6.27. The summed E-state index contributed by atoms with van der Waals surface area (Å²) in [4.78, 5) is 10.7. The van der Waals surface area contributed by atoms with E-state index in [0.29, 0.717) is 19.8 Å².